The molecule has 146 valence electrons. The predicted molar refractivity (Wildman–Crippen MR) is 106 cm³/mol. The van der Waals surface area contributed by atoms with Crippen LogP contribution in [0.5, 0.6) is 0 Å². The van der Waals surface area contributed by atoms with E-state index in [0.29, 0.717) is 26.2 Å². The molecular formula is C20H21ClFN5O. The Hall–Kier alpha value is -2.51. The number of amides is 1. The summed E-state index contributed by atoms with van der Waals surface area (Å²) in [5.74, 6) is -0.928. The number of carbonyl (C=O) groups is 1. The smallest absolute Gasteiger partial charge is 0.258 e. The molecule has 4 rings (SSSR count). The Balaban J connectivity index is 1.42. The molecule has 3 heterocycles. The Morgan fingerprint density at radius 2 is 2.00 bits per heavy atom. The summed E-state index contributed by atoms with van der Waals surface area (Å²) in [5.41, 5.74) is 2.90. The van der Waals surface area contributed by atoms with Gasteiger partial charge in [-0.15, -0.1) is 0 Å². The molecule has 0 spiro atoms. The third-order valence-corrected chi connectivity index (χ3v) is 5.48. The minimum atomic E-state index is -0.578. The second-order valence-electron chi connectivity index (χ2n) is 7.09. The van der Waals surface area contributed by atoms with Crippen molar-refractivity contribution < 1.29 is 9.18 Å². The van der Waals surface area contributed by atoms with Crippen molar-refractivity contribution in [2.24, 2.45) is 7.05 Å². The van der Waals surface area contributed by atoms with Gasteiger partial charge >= 0.3 is 0 Å². The monoisotopic (exact) mass is 401 g/mol. The highest BCUT2D eigenvalue weighted by Crippen LogP contribution is 2.22. The highest BCUT2D eigenvalue weighted by Gasteiger charge is 2.26. The fourth-order valence-electron chi connectivity index (χ4n) is 3.67. The Kier molecular flexibility index (Phi) is 5.03. The van der Waals surface area contributed by atoms with Crippen LogP contribution >= 0.6 is 11.6 Å². The van der Waals surface area contributed by atoms with E-state index < -0.39 is 5.82 Å². The minimum Gasteiger partial charge on any atom is -0.336 e. The van der Waals surface area contributed by atoms with Gasteiger partial charge in [-0.2, -0.15) is 5.10 Å². The molecule has 0 atom stereocenters. The van der Waals surface area contributed by atoms with Crippen molar-refractivity contribution in [2.75, 3.05) is 26.2 Å². The van der Waals surface area contributed by atoms with Gasteiger partial charge in [-0.05, 0) is 30.7 Å². The van der Waals surface area contributed by atoms with E-state index in [1.54, 1.807) is 9.58 Å². The normalized spacial score (nSPS) is 15.4. The summed E-state index contributed by atoms with van der Waals surface area (Å²) in [7, 11) is 1.89. The molecule has 0 radical (unpaired) electrons. The Morgan fingerprint density at radius 3 is 2.71 bits per heavy atom. The fourth-order valence-corrected chi connectivity index (χ4v) is 3.91. The molecule has 0 N–H and O–H groups in total. The van der Waals surface area contributed by atoms with Crippen LogP contribution in [0, 0.1) is 12.7 Å². The van der Waals surface area contributed by atoms with Gasteiger partial charge in [0, 0.05) is 51.4 Å². The summed E-state index contributed by atoms with van der Waals surface area (Å²) in [5, 5.41) is 5.62. The molecule has 0 unspecified atom stereocenters. The second-order valence-corrected chi connectivity index (χ2v) is 7.50. The van der Waals surface area contributed by atoms with Gasteiger partial charge in [-0.3, -0.25) is 14.4 Å². The second kappa shape index (κ2) is 7.48. The van der Waals surface area contributed by atoms with E-state index in [1.165, 1.54) is 18.2 Å². The number of hydrogen-bond donors (Lipinski definition) is 0. The van der Waals surface area contributed by atoms with Crippen LogP contribution in [-0.2, 0) is 13.6 Å². The third kappa shape index (κ3) is 3.47. The van der Waals surface area contributed by atoms with Crippen molar-refractivity contribution in [2.45, 2.75) is 13.5 Å². The number of benzene rings is 1. The molecule has 1 aliphatic rings. The molecule has 0 bridgehead atoms. The first-order chi connectivity index (χ1) is 13.4. The highest BCUT2D eigenvalue weighted by atomic mass is 35.5. The van der Waals surface area contributed by atoms with E-state index in [1.807, 2.05) is 20.2 Å². The Morgan fingerprint density at radius 1 is 1.25 bits per heavy atom. The number of hydrogen-bond acceptors (Lipinski definition) is 4. The van der Waals surface area contributed by atoms with Crippen molar-refractivity contribution in [3.05, 3.63) is 58.1 Å². The van der Waals surface area contributed by atoms with E-state index in [9.17, 15) is 9.18 Å². The molecule has 3 aromatic rings. The summed E-state index contributed by atoms with van der Waals surface area (Å²) in [6.07, 6.45) is 1.88. The van der Waals surface area contributed by atoms with Crippen molar-refractivity contribution in [3.8, 4) is 0 Å². The Labute approximate surface area is 167 Å². The van der Waals surface area contributed by atoms with Gasteiger partial charge in [0.1, 0.15) is 5.82 Å². The van der Waals surface area contributed by atoms with Gasteiger partial charge in [-0.25, -0.2) is 9.37 Å². The van der Waals surface area contributed by atoms with Crippen LogP contribution < -0.4 is 0 Å². The van der Waals surface area contributed by atoms with Gasteiger partial charge < -0.3 is 4.90 Å². The average molecular weight is 402 g/mol. The number of halogens is 2. The van der Waals surface area contributed by atoms with Crippen LogP contribution in [0.4, 0.5) is 4.39 Å². The number of carbonyl (C=O) groups excluding carboxylic acids is 1. The summed E-state index contributed by atoms with van der Waals surface area (Å²) in [4.78, 5) is 21.1. The maximum Gasteiger partial charge on any atom is 0.258 e. The molecule has 0 saturated carbocycles. The zero-order chi connectivity index (χ0) is 19.8. The molecule has 1 amide bonds. The number of aromatic nitrogens is 3. The molecule has 1 aliphatic heterocycles. The van der Waals surface area contributed by atoms with Crippen molar-refractivity contribution in [1.29, 1.82) is 0 Å². The van der Waals surface area contributed by atoms with Crippen LogP contribution in [-0.4, -0.2) is 56.7 Å². The summed E-state index contributed by atoms with van der Waals surface area (Å²) < 4.78 is 15.8. The van der Waals surface area contributed by atoms with E-state index in [2.05, 4.69) is 21.0 Å². The van der Waals surface area contributed by atoms with Gasteiger partial charge in [0.15, 0.2) is 5.65 Å². The van der Waals surface area contributed by atoms with E-state index >= 15 is 0 Å². The van der Waals surface area contributed by atoms with Crippen molar-refractivity contribution in [1.82, 2.24) is 24.6 Å². The number of fused-ring (bicyclic) bond motifs is 1. The van der Waals surface area contributed by atoms with E-state index in [0.717, 1.165) is 28.8 Å². The Bertz CT molecular complexity index is 1020. The van der Waals surface area contributed by atoms with E-state index in [4.69, 9.17) is 11.6 Å². The van der Waals surface area contributed by atoms with Crippen LogP contribution in [0.3, 0.4) is 0 Å². The minimum absolute atomic E-state index is 0.0423. The summed E-state index contributed by atoms with van der Waals surface area (Å²) in [6, 6.07) is 6.43. The maximum atomic E-state index is 14.0. The molecule has 6 nitrogen and oxygen atoms in total. The predicted octanol–water partition coefficient (Wildman–Crippen LogP) is 3.03. The highest BCUT2D eigenvalue weighted by molar-refractivity contribution is 6.33. The van der Waals surface area contributed by atoms with Crippen molar-refractivity contribution in [3.63, 3.8) is 0 Å². The molecule has 1 fully saturated rings. The summed E-state index contributed by atoms with van der Waals surface area (Å²) in [6.45, 7) is 5.21. The first-order valence-electron chi connectivity index (χ1n) is 9.18. The number of rotatable bonds is 3. The third-order valence-electron chi connectivity index (χ3n) is 5.16. The first kappa shape index (κ1) is 18.8. The molecule has 28 heavy (non-hydrogen) atoms. The SMILES string of the molecule is Cc1nn(C)c2ncc(CN3CCN(C(=O)c4c(F)cccc4Cl)CC3)cc12. The molecule has 1 saturated heterocycles. The van der Waals surface area contributed by atoms with Crippen molar-refractivity contribution >= 4 is 28.5 Å². The number of nitrogens with zero attached hydrogens (tertiary/aromatic N) is 5. The molecular weight excluding hydrogens is 381 g/mol. The molecule has 2 aromatic heterocycles. The number of pyridine rings is 1. The molecule has 1 aromatic carbocycles. The lowest BCUT2D eigenvalue weighted by Gasteiger charge is -2.35. The lowest BCUT2D eigenvalue weighted by Crippen LogP contribution is -2.48. The van der Waals surface area contributed by atoms with E-state index in [-0.39, 0.29) is 16.5 Å². The first-order valence-corrected chi connectivity index (χ1v) is 9.55. The quantitative estimate of drug-likeness (QED) is 0.677. The number of piperazine rings is 1. The van der Waals surface area contributed by atoms with Crippen LogP contribution in [0.25, 0.3) is 11.0 Å². The van der Waals surface area contributed by atoms with Crippen LogP contribution in [0.2, 0.25) is 5.02 Å². The van der Waals surface area contributed by atoms with Crippen LogP contribution in [0.1, 0.15) is 21.6 Å². The maximum absolute atomic E-state index is 14.0. The fraction of sp³-hybridized carbons (Fsp3) is 0.350. The van der Waals surface area contributed by atoms with Gasteiger partial charge in [-0.1, -0.05) is 17.7 Å². The lowest BCUT2D eigenvalue weighted by atomic mass is 10.1. The molecule has 8 heteroatoms. The van der Waals surface area contributed by atoms with Gasteiger partial charge in [0.05, 0.1) is 16.3 Å². The standard InChI is InChI=1S/C20H21ClFN5O/c1-13-15-10-14(11-23-19(15)25(2)24-13)12-26-6-8-27(9-7-26)20(28)18-16(21)4-3-5-17(18)22/h3-5,10-11H,6-9,12H2,1-2H3. The largest absolute Gasteiger partial charge is 0.336 e. The zero-order valence-electron chi connectivity index (χ0n) is 15.8. The number of aryl methyl sites for hydroxylation is 2. The zero-order valence-corrected chi connectivity index (χ0v) is 16.6. The molecule has 0 aliphatic carbocycles. The average Bonchev–Trinajstić information content (AvgIpc) is 2.95. The van der Waals surface area contributed by atoms with Crippen LogP contribution in [0.15, 0.2) is 30.5 Å². The topological polar surface area (TPSA) is 54.3 Å². The van der Waals surface area contributed by atoms with Gasteiger partial charge in [0.25, 0.3) is 5.91 Å². The lowest BCUT2D eigenvalue weighted by molar-refractivity contribution is 0.0624. The van der Waals surface area contributed by atoms with Gasteiger partial charge in [0.2, 0.25) is 0 Å². The summed E-state index contributed by atoms with van der Waals surface area (Å²) >= 11 is 6.03.